The number of rotatable bonds is 6. The molecule has 0 aromatic heterocycles. The van der Waals surface area contributed by atoms with Crippen LogP contribution in [-0.2, 0) is 9.59 Å². The summed E-state index contributed by atoms with van der Waals surface area (Å²) in [5.41, 5.74) is 3.47. The van der Waals surface area contributed by atoms with E-state index in [4.69, 9.17) is 23.2 Å². The average Bonchev–Trinajstić information content (AvgIpc) is 2.97. The van der Waals surface area contributed by atoms with Crippen LogP contribution < -0.4 is 5.32 Å². The first-order chi connectivity index (χ1) is 14.3. The quantitative estimate of drug-likeness (QED) is 0.556. The number of nitrogens with zero attached hydrogens (tertiary/aromatic N) is 2. The lowest BCUT2D eigenvalue weighted by Gasteiger charge is -2.14. The van der Waals surface area contributed by atoms with Crippen LogP contribution in [0.5, 0.6) is 0 Å². The molecule has 2 aromatic rings. The van der Waals surface area contributed by atoms with Gasteiger partial charge in [-0.1, -0.05) is 53.2 Å². The topological polar surface area (TPSA) is 61.8 Å². The van der Waals surface area contributed by atoms with E-state index in [0.717, 1.165) is 11.3 Å². The van der Waals surface area contributed by atoms with Crippen molar-refractivity contribution >= 4 is 63.3 Å². The van der Waals surface area contributed by atoms with Crippen molar-refractivity contribution in [2.75, 3.05) is 11.9 Å². The van der Waals surface area contributed by atoms with Crippen molar-refractivity contribution in [3.05, 3.63) is 70.2 Å². The maximum Gasteiger partial charge on any atom is 0.242 e. The Morgan fingerprint density at radius 3 is 2.73 bits per heavy atom. The van der Waals surface area contributed by atoms with E-state index in [0.29, 0.717) is 22.4 Å². The minimum Gasteiger partial charge on any atom is -0.325 e. The van der Waals surface area contributed by atoms with E-state index in [1.807, 2.05) is 32.0 Å². The van der Waals surface area contributed by atoms with Gasteiger partial charge >= 0.3 is 0 Å². The number of amidine groups is 1. The summed E-state index contributed by atoms with van der Waals surface area (Å²) >= 11 is 13.4. The van der Waals surface area contributed by atoms with Crippen molar-refractivity contribution in [1.82, 2.24) is 4.90 Å². The maximum atomic E-state index is 12.9. The molecule has 0 unspecified atom stereocenters. The zero-order chi connectivity index (χ0) is 21.8. The Hall–Kier alpha value is -2.28. The Morgan fingerprint density at radius 2 is 2.03 bits per heavy atom. The number of carbonyl (C=O) groups is 2. The monoisotopic (exact) mass is 461 g/mol. The largest absolute Gasteiger partial charge is 0.325 e. The Morgan fingerprint density at radius 1 is 1.27 bits per heavy atom. The van der Waals surface area contributed by atoms with E-state index in [1.165, 1.54) is 17.3 Å². The van der Waals surface area contributed by atoms with Gasteiger partial charge < -0.3 is 5.32 Å². The third-order valence-electron chi connectivity index (χ3n) is 4.64. The molecular formula is C22H21Cl2N3O2S. The predicted molar refractivity (Wildman–Crippen MR) is 126 cm³/mol. The number of halogens is 2. The second-order valence-electron chi connectivity index (χ2n) is 6.86. The number of hydrogen-bond donors (Lipinski definition) is 1. The molecule has 1 heterocycles. The highest BCUT2D eigenvalue weighted by Crippen LogP contribution is 2.33. The third-order valence-corrected chi connectivity index (χ3v) is 6.64. The van der Waals surface area contributed by atoms with Crippen molar-refractivity contribution < 1.29 is 9.59 Å². The molecule has 1 aliphatic rings. The fourth-order valence-electron chi connectivity index (χ4n) is 2.90. The second kappa shape index (κ2) is 9.69. The van der Waals surface area contributed by atoms with Gasteiger partial charge in [0.15, 0.2) is 5.17 Å². The van der Waals surface area contributed by atoms with Crippen molar-refractivity contribution in [3.63, 3.8) is 0 Å². The molecule has 30 heavy (non-hydrogen) atoms. The van der Waals surface area contributed by atoms with Crippen molar-refractivity contribution in [2.45, 2.75) is 25.5 Å². The van der Waals surface area contributed by atoms with Gasteiger partial charge in [-0.25, -0.2) is 4.99 Å². The van der Waals surface area contributed by atoms with Crippen molar-refractivity contribution in [2.24, 2.45) is 4.99 Å². The second-order valence-corrected chi connectivity index (χ2v) is 8.82. The molecule has 0 radical (unpaired) electrons. The molecule has 0 bridgehead atoms. The van der Waals surface area contributed by atoms with E-state index in [1.54, 1.807) is 29.2 Å². The first-order valence-corrected chi connectivity index (χ1v) is 10.9. The number of aliphatic imine (C=N–C) groups is 1. The van der Waals surface area contributed by atoms with Gasteiger partial charge in [-0.15, -0.1) is 6.58 Å². The molecule has 1 atom stereocenters. The molecule has 0 aliphatic carbocycles. The molecule has 0 spiro atoms. The van der Waals surface area contributed by atoms with Crippen LogP contribution in [0.15, 0.2) is 54.0 Å². The number of hydrogen-bond acceptors (Lipinski definition) is 4. The van der Waals surface area contributed by atoms with Crippen LogP contribution in [0.25, 0.3) is 0 Å². The summed E-state index contributed by atoms with van der Waals surface area (Å²) in [6.45, 7) is 8.10. The van der Waals surface area contributed by atoms with E-state index < -0.39 is 5.25 Å². The summed E-state index contributed by atoms with van der Waals surface area (Å²) < 4.78 is 0. The molecule has 1 aliphatic heterocycles. The number of amides is 2. The smallest absolute Gasteiger partial charge is 0.242 e. The zero-order valence-electron chi connectivity index (χ0n) is 16.6. The van der Waals surface area contributed by atoms with Crippen LogP contribution in [-0.4, -0.2) is 33.7 Å². The highest BCUT2D eigenvalue weighted by atomic mass is 35.5. The first kappa shape index (κ1) is 22.4. The number of nitrogens with one attached hydrogen (secondary N) is 1. The molecule has 5 nitrogen and oxygen atoms in total. The van der Waals surface area contributed by atoms with Crippen LogP contribution in [0, 0.1) is 13.8 Å². The fraction of sp³-hybridized carbons (Fsp3) is 0.227. The number of anilines is 1. The van der Waals surface area contributed by atoms with Gasteiger partial charge in [-0.05, 0) is 49.2 Å². The first-order valence-electron chi connectivity index (χ1n) is 9.29. The van der Waals surface area contributed by atoms with Gasteiger partial charge in [0.1, 0.15) is 5.25 Å². The predicted octanol–water partition coefficient (Wildman–Crippen LogP) is 5.76. The molecule has 3 rings (SSSR count). The molecule has 0 saturated carbocycles. The highest BCUT2D eigenvalue weighted by Gasteiger charge is 2.38. The molecule has 2 amide bonds. The zero-order valence-corrected chi connectivity index (χ0v) is 18.9. The lowest BCUT2D eigenvalue weighted by atomic mass is 10.1. The maximum absolute atomic E-state index is 12.9. The van der Waals surface area contributed by atoms with Gasteiger partial charge in [0.2, 0.25) is 11.8 Å². The number of carbonyl (C=O) groups excluding carboxylic acids is 2. The fourth-order valence-corrected chi connectivity index (χ4v) is 4.41. The lowest BCUT2D eigenvalue weighted by Crippen LogP contribution is -2.33. The Bertz CT molecular complexity index is 1040. The summed E-state index contributed by atoms with van der Waals surface area (Å²) in [6.07, 6.45) is 1.63. The molecule has 1 fully saturated rings. The minimum absolute atomic E-state index is 0.00801. The van der Waals surface area contributed by atoms with E-state index in [2.05, 4.69) is 16.9 Å². The molecule has 8 heteroatoms. The Kier molecular flexibility index (Phi) is 7.23. The summed E-state index contributed by atoms with van der Waals surface area (Å²) in [4.78, 5) is 31.6. The van der Waals surface area contributed by atoms with Gasteiger partial charge in [0.05, 0.1) is 21.4 Å². The molecule has 2 aromatic carbocycles. The molecule has 156 valence electrons. The Balaban J connectivity index is 1.77. The van der Waals surface area contributed by atoms with Crippen LogP contribution in [0.3, 0.4) is 0 Å². The van der Waals surface area contributed by atoms with Gasteiger partial charge in [0, 0.05) is 13.0 Å². The van der Waals surface area contributed by atoms with Crippen LogP contribution in [0.1, 0.15) is 17.5 Å². The molecular weight excluding hydrogens is 441 g/mol. The van der Waals surface area contributed by atoms with Crippen LogP contribution >= 0.6 is 35.0 Å². The standard InChI is InChI=1S/C22H21Cl2N3O2S/c1-4-10-27-21(29)18(12-19(28)26-17-7-5-6-16(23)20(17)24)30-22(27)25-15-9-8-13(2)14(3)11-15/h4-9,11,18H,1,10,12H2,2-3H3,(H,26,28)/t18-/m1/s1. The van der Waals surface area contributed by atoms with Crippen LogP contribution in [0.2, 0.25) is 10.0 Å². The van der Waals surface area contributed by atoms with Gasteiger partial charge in [-0.3, -0.25) is 14.5 Å². The minimum atomic E-state index is -0.576. The van der Waals surface area contributed by atoms with Crippen molar-refractivity contribution in [3.8, 4) is 0 Å². The summed E-state index contributed by atoms with van der Waals surface area (Å²) in [5.74, 6) is -0.495. The number of thioether (sulfide) groups is 1. The number of benzene rings is 2. The Labute approximate surface area is 190 Å². The third kappa shape index (κ3) is 5.06. The van der Waals surface area contributed by atoms with E-state index in [-0.39, 0.29) is 23.3 Å². The average molecular weight is 462 g/mol. The highest BCUT2D eigenvalue weighted by molar-refractivity contribution is 8.15. The summed E-state index contributed by atoms with van der Waals surface area (Å²) in [5, 5.41) is 3.32. The van der Waals surface area contributed by atoms with Gasteiger partial charge in [-0.2, -0.15) is 0 Å². The molecule has 1 saturated heterocycles. The van der Waals surface area contributed by atoms with Crippen molar-refractivity contribution in [1.29, 1.82) is 0 Å². The number of aryl methyl sites for hydroxylation is 2. The molecule has 1 N–H and O–H groups in total. The van der Waals surface area contributed by atoms with E-state index >= 15 is 0 Å². The van der Waals surface area contributed by atoms with Gasteiger partial charge in [0.25, 0.3) is 0 Å². The van der Waals surface area contributed by atoms with E-state index in [9.17, 15) is 9.59 Å². The normalized spacial score (nSPS) is 17.5. The lowest BCUT2D eigenvalue weighted by molar-refractivity contribution is -0.127. The van der Waals surface area contributed by atoms with Crippen LogP contribution in [0.4, 0.5) is 11.4 Å². The summed E-state index contributed by atoms with van der Waals surface area (Å²) in [6, 6.07) is 10.9. The SMILES string of the molecule is C=CCN1C(=O)[C@@H](CC(=O)Nc2cccc(Cl)c2Cl)SC1=Nc1ccc(C)c(C)c1. The summed E-state index contributed by atoms with van der Waals surface area (Å²) in [7, 11) is 0.